The third-order valence-corrected chi connectivity index (χ3v) is 3.67. The molecule has 1 atom stereocenters. The van der Waals surface area contributed by atoms with E-state index >= 15 is 0 Å². The van der Waals surface area contributed by atoms with E-state index in [4.69, 9.17) is 4.74 Å². The first-order valence-electron chi connectivity index (χ1n) is 6.99. The van der Waals surface area contributed by atoms with E-state index in [9.17, 15) is 9.59 Å². The molecular formula is C16H20O3. The normalized spacial score (nSPS) is 19.8. The fourth-order valence-electron chi connectivity index (χ4n) is 2.59. The van der Waals surface area contributed by atoms with Gasteiger partial charge in [-0.2, -0.15) is 0 Å². The minimum Gasteiger partial charge on any atom is -0.462 e. The van der Waals surface area contributed by atoms with E-state index in [1.165, 1.54) is 5.56 Å². The summed E-state index contributed by atoms with van der Waals surface area (Å²) >= 11 is 0. The average molecular weight is 260 g/mol. The first kappa shape index (κ1) is 13.8. The molecule has 3 heteroatoms. The summed E-state index contributed by atoms with van der Waals surface area (Å²) in [6.07, 6.45) is 4.37. The summed E-state index contributed by atoms with van der Waals surface area (Å²) in [5.74, 6) is 0.554. The Kier molecular flexibility index (Phi) is 4.72. The Labute approximate surface area is 114 Å². The average Bonchev–Trinajstić information content (AvgIpc) is 2.64. The lowest BCUT2D eigenvalue weighted by Gasteiger charge is -2.14. The molecule has 102 valence electrons. The smallest absolute Gasteiger partial charge is 0.338 e. The van der Waals surface area contributed by atoms with E-state index in [1.54, 1.807) is 6.92 Å². The highest BCUT2D eigenvalue weighted by Gasteiger charge is 2.18. The van der Waals surface area contributed by atoms with Crippen LogP contribution >= 0.6 is 0 Å². The van der Waals surface area contributed by atoms with Gasteiger partial charge in [0.15, 0.2) is 0 Å². The molecule has 0 spiro atoms. The van der Waals surface area contributed by atoms with Crippen LogP contribution in [0.2, 0.25) is 0 Å². The van der Waals surface area contributed by atoms with Gasteiger partial charge in [0, 0.05) is 12.8 Å². The zero-order valence-corrected chi connectivity index (χ0v) is 11.4. The van der Waals surface area contributed by atoms with Crippen molar-refractivity contribution in [2.75, 3.05) is 6.61 Å². The second kappa shape index (κ2) is 6.50. The molecule has 1 saturated carbocycles. The second-order valence-corrected chi connectivity index (χ2v) is 5.01. The highest BCUT2D eigenvalue weighted by molar-refractivity contribution is 5.89. The van der Waals surface area contributed by atoms with Gasteiger partial charge in [-0.15, -0.1) is 0 Å². The summed E-state index contributed by atoms with van der Waals surface area (Å²) in [5, 5.41) is 0. The zero-order valence-electron chi connectivity index (χ0n) is 11.4. The van der Waals surface area contributed by atoms with E-state index in [-0.39, 0.29) is 5.97 Å². The van der Waals surface area contributed by atoms with E-state index in [2.05, 4.69) is 0 Å². The van der Waals surface area contributed by atoms with Gasteiger partial charge in [0.2, 0.25) is 0 Å². The molecule has 1 fully saturated rings. The molecule has 1 aromatic carbocycles. The van der Waals surface area contributed by atoms with E-state index < -0.39 is 0 Å². The first-order chi connectivity index (χ1) is 9.20. The van der Waals surface area contributed by atoms with Crippen LogP contribution in [-0.2, 0) is 9.53 Å². The standard InChI is InChI=1S/C16H20O3/c1-2-19-16(18)14-8-6-13(7-9-14)12-4-3-5-15(17)11-10-12/h6-9,12H,2-5,10-11H2,1H3. The van der Waals surface area contributed by atoms with Crippen molar-refractivity contribution < 1.29 is 14.3 Å². The quantitative estimate of drug-likeness (QED) is 0.617. The fraction of sp³-hybridized carbons (Fsp3) is 0.500. The van der Waals surface area contributed by atoms with Crippen LogP contribution in [0, 0.1) is 0 Å². The van der Waals surface area contributed by atoms with E-state index in [0.717, 1.165) is 25.7 Å². The van der Waals surface area contributed by atoms with Crippen LogP contribution in [0.15, 0.2) is 24.3 Å². The maximum Gasteiger partial charge on any atom is 0.338 e. The monoisotopic (exact) mass is 260 g/mol. The predicted octanol–water partition coefficient (Wildman–Crippen LogP) is 3.48. The van der Waals surface area contributed by atoms with Crippen LogP contribution in [0.3, 0.4) is 0 Å². The van der Waals surface area contributed by atoms with Gasteiger partial charge in [-0.1, -0.05) is 12.1 Å². The number of esters is 1. The number of rotatable bonds is 3. The molecule has 1 aliphatic rings. The van der Waals surface area contributed by atoms with Gasteiger partial charge in [-0.25, -0.2) is 4.79 Å². The molecule has 0 heterocycles. The van der Waals surface area contributed by atoms with Gasteiger partial charge in [0.25, 0.3) is 0 Å². The van der Waals surface area contributed by atoms with Crippen molar-refractivity contribution in [3.8, 4) is 0 Å². The highest BCUT2D eigenvalue weighted by atomic mass is 16.5. The van der Waals surface area contributed by atoms with E-state index in [0.29, 0.717) is 30.3 Å². The van der Waals surface area contributed by atoms with Crippen LogP contribution in [0.4, 0.5) is 0 Å². The summed E-state index contributed by atoms with van der Waals surface area (Å²) in [5.41, 5.74) is 1.82. The molecule has 0 aromatic heterocycles. The van der Waals surface area contributed by atoms with Crippen LogP contribution in [-0.4, -0.2) is 18.4 Å². The number of ether oxygens (including phenoxy) is 1. The Morgan fingerprint density at radius 1 is 1.21 bits per heavy atom. The van der Waals surface area contributed by atoms with Crippen molar-refractivity contribution in [2.24, 2.45) is 0 Å². The van der Waals surface area contributed by atoms with Crippen molar-refractivity contribution >= 4 is 11.8 Å². The van der Waals surface area contributed by atoms with Gasteiger partial charge < -0.3 is 4.74 Å². The number of Topliss-reactive ketones (excluding diaryl/α,β-unsaturated/α-hetero) is 1. The SMILES string of the molecule is CCOC(=O)c1ccc(C2CCCC(=O)CC2)cc1. The third kappa shape index (κ3) is 3.66. The molecule has 2 rings (SSSR count). The Hall–Kier alpha value is -1.64. The minimum absolute atomic E-state index is 0.273. The topological polar surface area (TPSA) is 43.4 Å². The minimum atomic E-state index is -0.273. The Bertz CT molecular complexity index is 448. The lowest BCUT2D eigenvalue weighted by atomic mass is 9.91. The van der Waals surface area contributed by atoms with Crippen LogP contribution in [0.5, 0.6) is 0 Å². The van der Waals surface area contributed by atoms with Crippen molar-refractivity contribution in [3.05, 3.63) is 35.4 Å². The molecular weight excluding hydrogens is 240 g/mol. The van der Waals surface area contributed by atoms with E-state index in [1.807, 2.05) is 24.3 Å². The summed E-state index contributed by atoms with van der Waals surface area (Å²) in [7, 11) is 0. The molecule has 0 saturated heterocycles. The Morgan fingerprint density at radius 3 is 2.63 bits per heavy atom. The van der Waals surface area contributed by atoms with Gasteiger partial charge in [0.05, 0.1) is 12.2 Å². The van der Waals surface area contributed by atoms with Crippen LogP contribution in [0.1, 0.15) is 60.9 Å². The lowest BCUT2D eigenvalue weighted by Crippen LogP contribution is -2.05. The molecule has 0 radical (unpaired) electrons. The molecule has 1 aliphatic carbocycles. The number of hydrogen-bond acceptors (Lipinski definition) is 3. The molecule has 1 unspecified atom stereocenters. The van der Waals surface area contributed by atoms with Crippen molar-refractivity contribution in [1.29, 1.82) is 0 Å². The van der Waals surface area contributed by atoms with Crippen LogP contribution in [0.25, 0.3) is 0 Å². The number of hydrogen-bond donors (Lipinski definition) is 0. The number of carbonyl (C=O) groups excluding carboxylic acids is 2. The second-order valence-electron chi connectivity index (χ2n) is 5.01. The van der Waals surface area contributed by atoms with Gasteiger partial charge in [-0.3, -0.25) is 4.79 Å². The molecule has 1 aromatic rings. The fourth-order valence-corrected chi connectivity index (χ4v) is 2.59. The molecule has 0 N–H and O–H groups in total. The maximum absolute atomic E-state index is 11.6. The van der Waals surface area contributed by atoms with Gasteiger partial charge >= 0.3 is 5.97 Å². The predicted molar refractivity (Wildman–Crippen MR) is 73.2 cm³/mol. The zero-order chi connectivity index (χ0) is 13.7. The number of benzene rings is 1. The maximum atomic E-state index is 11.6. The van der Waals surface area contributed by atoms with Crippen molar-refractivity contribution in [3.63, 3.8) is 0 Å². The molecule has 0 amide bonds. The van der Waals surface area contributed by atoms with Gasteiger partial charge in [-0.05, 0) is 49.8 Å². The Balaban J connectivity index is 2.05. The number of carbonyl (C=O) groups is 2. The largest absolute Gasteiger partial charge is 0.462 e. The van der Waals surface area contributed by atoms with Crippen LogP contribution < -0.4 is 0 Å². The number of ketones is 1. The summed E-state index contributed by atoms with van der Waals surface area (Å²) in [6.45, 7) is 2.19. The first-order valence-corrected chi connectivity index (χ1v) is 6.99. The van der Waals surface area contributed by atoms with Crippen molar-refractivity contribution in [2.45, 2.75) is 44.9 Å². The summed E-state index contributed by atoms with van der Waals surface area (Å²) in [6, 6.07) is 7.62. The summed E-state index contributed by atoms with van der Waals surface area (Å²) < 4.78 is 4.96. The molecule has 3 nitrogen and oxygen atoms in total. The van der Waals surface area contributed by atoms with Gasteiger partial charge in [0.1, 0.15) is 5.78 Å². The molecule has 0 bridgehead atoms. The lowest BCUT2D eigenvalue weighted by molar-refractivity contribution is -0.118. The Morgan fingerprint density at radius 2 is 1.95 bits per heavy atom. The molecule has 0 aliphatic heterocycles. The third-order valence-electron chi connectivity index (χ3n) is 3.67. The highest BCUT2D eigenvalue weighted by Crippen LogP contribution is 2.30. The van der Waals surface area contributed by atoms with Crippen molar-refractivity contribution in [1.82, 2.24) is 0 Å². The summed E-state index contributed by atoms with van der Waals surface area (Å²) in [4.78, 5) is 23.0. The molecule has 19 heavy (non-hydrogen) atoms.